The van der Waals surface area contributed by atoms with Crippen LogP contribution in [0.5, 0.6) is 0 Å². The zero-order chi connectivity index (χ0) is 23.3. The maximum absolute atomic E-state index is 14.7. The lowest BCUT2D eigenvalue weighted by Crippen LogP contribution is -2.20. The van der Waals surface area contributed by atoms with Gasteiger partial charge in [-0.25, -0.2) is 4.39 Å². The van der Waals surface area contributed by atoms with Crippen molar-refractivity contribution in [3.8, 4) is 0 Å². The van der Waals surface area contributed by atoms with E-state index in [1.807, 2.05) is 26.0 Å². The lowest BCUT2D eigenvalue weighted by Gasteiger charge is -2.15. The van der Waals surface area contributed by atoms with E-state index in [9.17, 15) is 9.18 Å². The van der Waals surface area contributed by atoms with E-state index in [-0.39, 0.29) is 29.7 Å². The summed E-state index contributed by atoms with van der Waals surface area (Å²) in [5.74, 6) is 2.99. The monoisotopic (exact) mass is 461 g/mol. The lowest BCUT2D eigenvalue weighted by molar-refractivity contribution is -0.153. The van der Waals surface area contributed by atoms with Crippen molar-refractivity contribution < 1.29 is 13.9 Å². The number of fused-ring (bicyclic) bond motifs is 1. The summed E-state index contributed by atoms with van der Waals surface area (Å²) in [6, 6.07) is 5.71. The van der Waals surface area contributed by atoms with Gasteiger partial charge in [-0.15, -0.1) is 0 Å². The number of H-pyrrole nitrogens is 1. The molecule has 1 aromatic carbocycles. The number of anilines is 2. The van der Waals surface area contributed by atoms with Crippen LogP contribution in [0.4, 0.5) is 15.9 Å². The summed E-state index contributed by atoms with van der Waals surface area (Å²) in [7, 11) is 0. The Morgan fingerprint density at radius 1 is 1.28 bits per heavy atom. The Morgan fingerprint density at radius 2 is 2.03 bits per heavy atom. The van der Waals surface area contributed by atoms with Crippen LogP contribution in [-0.2, 0) is 21.0 Å². The van der Waals surface area contributed by atoms with Gasteiger partial charge < -0.3 is 10.1 Å². The summed E-state index contributed by atoms with van der Waals surface area (Å²) < 4.78 is 20.3. The number of hydrogen-bond donors (Lipinski definition) is 2. The Hall–Kier alpha value is -2.02. The van der Waals surface area contributed by atoms with Gasteiger partial charge >= 0.3 is 5.97 Å². The van der Waals surface area contributed by atoms with Crippen molar-refractivity contribution in [2.75, 3.05) is 5.32 Å². The largest absolute Gasteiger partial charge is 0.462 e. The number of carbonyl (C=O) groups excluding carboxylic acids is 1. The number of hydrogen-bond acceptors (Lipinski definition) is 5. The van der Waals surface area contributed by atoms with E-state index in [1.54, 1.807) is 17.8 Å². The average molecular weight is 462 g/mol. The molecule has 176 valence electrons. The maximum atomic E-state index is 14.7. The molecule has 2 N–H and O–H groups in total. The molecule has 2 aliphatic rings. The number of aromatic nitrogens is 2. The summed E-state index contributed by atoms with van der Waals surface area (Å²) in [4.78, 5) is 12.0. The van der Waals surface area contributed by atoms with Crippen molar-refractivity contribution >= 4 is 29.2 Å². The summed E-state index contributed by atoms with van der Waals surface area (Å²) in [5.41, 5.74) is 3.35. The summed E-state index contributed by atoms with van der Waals surface area (Å²) in [6.45, 7) is 10.4. The van der Waals surface area contributed by atoms with E-state index in [0.29, 0.717) is 11.5 Å². The van der Waals surface area contributed by atoms with Crippen molar-refractivity contribution in [1.29, 1.82) is 0 Å². The average Bonchev–Trinajstić information content (AvgIpc) is 3.49. The Bertz CT molecular complexity index is 912. The number of esters is 1. The highest BCUT2D eigenvalue weighted by Crippen LogP contribution is 2.38. The van der Waals surface area contributed by atoms with Crippen LogP contribution in [0.1, 0.15) is 83.0 Å². The van der Waals surface area contributed by atoms with Gasteiger partial charge in [0, 0.05) is 34.7 Å². The first-order chi connectivity index (χ1) is 15.3. The van der Waals surface area contributed by atoms with Gasteiger partial charge in [-0.1, -0.05) is 40.7 Å². The highest BCUT2D eigenvalue weighted by molar-refractivity contribution is 7.98. The quantitative estimate of drug-likeness (QED) is 0.457. The SMILES string of the molecule is CC(C)C.CCC(C)C(=O)OC1CCC(c2cc(Nc3ccc4c(c3F)CSC4)n[nH]2)C1. The van der Waals surface area contributed by atoms with Crippen LogP contribution in [0.25, 0.3) is 0 Å². The van der Waals surface area contributed by atoms with Gasteiger partial charge in [-0.3, -0.25) is 9.89 Å². The number of nitrogens with one attached hydrogen (secondary N) is 2. The molecule has 2 aromatic rings. The van der Waals surface area contributed by atoms with Crippen LogP contribution in [0.2, 0.25) is 0 Å². The van der Waals surface area contributed by atoms with E-state index in [0.717, 1.165) is 59.9 Å². The fourth-order valence-electron chi connectivity index (χ4n) is 3.84. The Labute approximate surface area is 195 Å². The molecule has 0 spiro atoms. The van der Waals surface area contributed by atoms with Crippen molar-refractivity contribution in [2.45, 2.75) is 83.8 Å². The molecule has 5 nitrogen and oxygen atoms in total. The number of benzene rings is 1. The topological polar surface area (TPSA) is 67.0 Å². The van der Waals surface area contributed by atoms with Gasteiger partial charge in [0.2, 0.25) is 0 Å². The molecule has 7 heteroatoms. The van der Waals surface area contributed by atoms with Crippen LogP contribution < -0.4 is 5.32 Å². The summed E-state index contributed by atoms with van der Waals surface area (Å²) >= 11 is 1.73. The summed E-state index contributed by atoms with van der Waals surface area (Å²) in [6.07, 6.45) is 3.38. The highest BCUT2D eigenvalue weighted by Gasteiger charge is 2.30. The molecule has 0 saturated heterocycles. The number of aromatic amines is 1. The molecular formula is C25H36FN3O2S. The van der Waals surface area contributed by atoms with Gasteiger partial charge in [0.05, 0.1) is 11.6 Å². The first kappa shape index (κ1) is 24.6. The van der Waals surface area contributed by atoms with Crippen molar-refractivity contribution in [1.82, 2.24) is 10.2 Å². The van der Waals surface area contributed by atoms with Gasteiger partial charge in [0.25, 0.3) is 0 Å². The fraction of sp³-hybridized carbons (Fsp3) is 0.600. The third kappa shape index (κ3) is 6.27. The highest BCUT2D eigenvalue weighted by atomic mass is 32.2. The first-order valence-corrected chi connectivity index (χ1v) is 12.8. The minimum Gasteiger partial charge on any atom is -0.462 e. The zero-order valence-corrected chi connectivity index (χ0v) is 20.7. The van der Waals surface area contributed by atoms with Gasteiger partial charge in [-0.2, -0.15) is 16.9 Å². The van der Waals surface area contributed by atoms with E-state index in [2.05, 4.69) is 36.3 Å². The smallest absolute Gasteiger partial charge is 0.308 e. The first-order valence-electron chi connectivity index (χ1n) is 11.7. The molecule has 3 atom stereocenters. The number of nitrogens with zero attached hydrogens (tertiary/aromatic N) is 1. The predicted molar refractivity (Wildman–Crippen MR) is 130 cm³/mol. The van der Waals surface area contributed by atoms with Crippen molar-refractivity contribution in [3.05, 3.63) is 40.8 Å². The van der Waals surface area contributed by atoms with Gasteiger partial charge in [0.15, 0.2) is 11.6 Å². The molecule has 0 bridgehead atoms. The minimum atomic E-state index is -0.176. The number of halogens is 1. The number of rotatable bonds is 6. The standard InChI is InChI=1S/C21H26FN3O2S.C4H10/c1-3-12(2)21(26)27-15-6-4-13(8-15)18-9-19(25-24-18)23-17-7-5-14-10-28-11-16(14)20(17)22;1-4(2)3/h5,7,9,12-13,15H,3-4,6,8,10-11H2,1-2H3,(H2,23,24,25);4H,1-3H3. The van der Waals surface area contributed by atoms with Crippen molar-refractivity contribution in [3.63, 3.8) is 0 Å². The lowest BCUT2D eigenvalue weighted by atomic mass is 10.0. The van der Waals surface area contributed by atoms with Crippen LogP contribution in [0.15, 0.2) is 18.2 Å². The molecule has 2 heterocycles. The zero-order valence-electron chi connectivity index (χ0n) is 19.8. The second-order valence-electron chi connectivity index (χ2n) is 9.50. The fourth-order valence-corrected chi connectivity index (χ4v) is 4.95. The molecule has 1 aromatic heterocycles. The Balaban J connectivity index is 0.000000668. The van der Waals surface area contributed by atoms with Crippen molar-refractivity contribution in [2.24, 2.45) is 11.8 Å². The van der Waals surface area contributed by atoms with Crippen LogP contribution in [0, 0.1) is 17.7 Å². The molecule has 0 radical (unpaired) electrons. The Morgan fingerprint density at radius 3 is 2.75 bits per heavy atom. The Kier molecular flexibility index (Phi) is 8.63. The summed E-state index contributed by atoms with van der Waals surface area (Å²) in [5, 5.41) is 10.5. The molecule has 3 unspecified atom stereocenters. The van der Waals surface area contributed by atoms with Crippen LogP contribution in [0.3, 0.4) is 0 Å². The van der Waals surface area contributed by atoms with E-state index in [1.165, 1.54) is 0 Å². The predicted octanol–water partition coefficient (Wildman–Crippen LogP) is 6.93. The van der Waals surface area contributed by atoms with E-state index in [4.69, 9.17) is 4.74 Å². The minimum absolute atomic E-state index is 0.0298. The van der Waals surface area contributed by atoms with Crippen LogP contribution >= 0.6 is 11.8 Å². The molecule has 4 rings (SSSR count). The molecule has 1 aliphatic carbocycles. The van der Waals surface area contributed by atoms with E-state index < -0.39 is 0 Å². The third-order valence-corrected chi connectivity index (χ3v) is 6.83. The number of carbonyl (C=O) groups is 1. The molecule has 32 heavy (non-hydrogen) atoms. The van der Waals surface area contributed by atoms with Gasteiger partial charge in [-0.05, 0) is 43.2 Å². The maximum Gasteiger partial charge on any atom is 0.308 e. The molecule has 1 fully saturated rings. The second kappa shape index (κ2) is 11.2. The molecular weight excluding hydrogens is 425 g/mol. The van der Waals surface area contributed by atoms with Gasteiger partial charge in [0.1, 0.15) is 6.10 Å². The normalized spacial score (nSPS) is 20.5. The molecule has 1 saturated carbocycles. The molecule has 1 aliphatic heterocycles. The molecule has 0 amide bonds. The number of thioether (sulfide) groups is 1. The number of ether oxygens (including phenoxy) is 1. The van der Waals surface area contributed by atoms with Crippen LogP contribution in [-0.4, -0.2) is 22.3 Å². The third-order valence-electron chi connectivity index (χ3n) is 5.83. The van der Waals surface area contributed by atoms with E-state index >= 15 is 0 Å². The second-order valence-corrected chi connectivity index (χ2v) is 10.5.